The Hall–Kier alpha value is -4.79. The number of carboxylic acids is 3. The van der Waals surface area contributed by atoms with Gasteiger partial charge in [-0.05, 0) is 43.3 Å². The van der Waals surface area contributed by atoms with Crippen LogP contribution in [0.1, 0.15) is 28.7 Å². The van der Waals surface area contributed by atoms with Crippen LogP contribution in [-0.2, 0) is 32.2 Å². The molecular formula is C30H34N6O8. The lowest BCUT2D eigenvalue weighted by Gasteiger charge is -2.28. The minimum atomic E-state index is -1.05. The van der Waals surface area contributed by atoms with Crippen LogP contribution in [0.25, 0.3) is 22.8 Å². The predicted molar refractivity (Wildman–Crippen MR) is 157 cm³/mol. The summed E-state index contributed by atoms with van der Waals surface area (Å²) in [6.07, 6.45) is 0. The molecule has 0 unspecified atom stereocenters. The molecule has 1 aliphatic heterocycles. The average Bonchev–Trinajstić information content (AvgIpc) is 2.97. The standard InChI is InChI=1S/C30H34N6O8/c1-2-44-30(43)20-13-25-23-7-3-5-21(31-23)15-35(18-28(39)40)11-9-34(17-27(37)38)10-12-36(19-29(41)42)16-22-6-4-8-24(32-22)26(14-20)33-25/h3-8,13-14H,2,9-12,15-19H2,1H3,(H,37,38)(H,39,40)(H,41,42). The molecule has 0 fully saturated rings. The fraction of sp³-hybridized carbons (Fsp3) is 0.367. The molecule has 44 heavy (non-hydrogen) atoms. The van der Waals surface area contributed by atoms with E-state index in [1.807, 2.05) is 0 Å². The Morgan fingerprint density at radius 2 is 1.09 bits per heavy atom. The van der Waals surface area contributed by atoms with E-state index in [0.29, 0.717) is 34.2 Å². The van der Waals surface area contributed by atoms with Crippen molar-refractivity contribution in [3.63, 3.8) is 0 Å². The second-order valence-electron chi connectivity index (χ2n) is 10.3. The molecule has 0 aromatic carbocycles. The summed E-state index contributed by atoms with van der Waals surface area (Å²) in [4.78, 5) is 66.9. The highest BCUT2D eigenvalue weighted by molar-refractivity contribution is 5.92. The maximum absolute atomic E-state index is 12.8. The number of aromatic nitrogens is 3. The Balaban J connectivity index is 1.82. The number of rotatable bonds is 8. The Bertz CT molecular complexity index is 1420. The Kier molecular flexibility index (Phi) is 11.0. The predicted octanol–water partition coefficient (Wildman–Crippen LogP) is 1.56. The summed E-state index contributed by atoms with van der Waals surface area (Å²) in [6, 6.07) is 13.6. The van der Waals surface area contributed by atoms with Crippen LogP contribution in [0.2, 0.25) is 0 Å². The summed E-state index contributed by atoms with van der Waals surface area (Å²) in [5.41, 5.74) is 3.00. The minimum Gasteiger partial charge on any atom is -0.480 e. The first kappa shape index (κ1) is 32.1. The van der Waals surface area contributed by atoms with Crippen LogP contribution >= 0.6 is 0 Å². The van der Waals surface area contributed by atoms with Crippen LogP contribution in [0.4, 0.5) is 0 Å². The van der Waals surface area contributed by atoms with Gasteiger partial charge >= 0.3 is 23.9 Å². The summed E-state index contributed by atoms with van der Waals surface area (Å²) in [5.74, 6) is -3.70. The summed E-state index contributed by atoms with van der Waals surface area (Å²) >= 11 is 0. The van der Waals surface area contributed by atoms with Gasteiger partial charge in [-0.3, -0.25) is 29.1 Å². The van der Waals surface area contributed by atoms with Crippen molar-refractivity contribution in [2.45, 2.75) is 20.0 Å². The van der Waals surface area contributed by atoms with Gasteiger partial charge in [-0.2, -0.15) is 0 Å². The number of nitrogens with zero attached hydrogens (tertiary/aromatic N) is 6. The summed E-state index contributed by atoms with van der Waals surface area (Å²) in [5, 5.41) is 28.6. The molecule has 0 radical (unpaired) electrons. The van der Waals surface area contributed by atoms with E-state index >= 15 is 0 Å². The van der Waals surface area contributed by atoms with E-state index in [9.17, 15) is 34.5 Å². The Labute approximate surface area is 253 Å². The van der Waals surface area contributed by atoms with Gasteiger partial charge in [0.2, 0.25) is 0 Å². The largest absolute Gasteiger partial charge is 0.480 e. The van der Waals surface area contributed by atoms with Crippen molar-refractivity contribution in [1.82, 2.24) is 29.7 Å². The molecule has 0 spiro atoms. The zero-order chi connectivity index (χ0) is 31.6. The van der Waals surface area contributed by atoms with Gasteiger partial charge in [0, 0.05) is 39.3 Å². The van der Waals surface area contributed by atoms with Gasteiger partial charge in [-0.25, -0.2) is 19.7 Å². The van der Waals surface area contributed by atoms with Gasteiger partial charge in [0.05, 0.1) is 66.0 Å². The zero-order valence-electron chi connectivity index (χ0n) is 24.3. The van der Waals surface area contributed by atoms with Crippen LogP contribution in [0.5, 0.6) is 0 Å². The summed E-state index contributed by atoms with van der Waals surface area (Å²) in [7, 11) is 0. The van der Waals surface area contributed by atoms with Gasteiger partial charge < -0.3 is 20.1 Å². The lowest BCUT2D eigenvalue weighted by Crippen LogP contribution is -2.43. The van der Waals surface area contributed by atoms with Crippen molar-refractivity contribution >= 4 is 23.9 Å². The third kappa shape index (κ3) is 9.36. The number of hydrogen-bond acceptors (Lipinski definition) is 11. The van der Waals surface area contributed by atoms with E-state index in [2.05, 4.69) is 0 Å². The minimum absolute atomic E-state index is 0.153. The number of ether oxygens (including phenoxy) is 1. The Morgan fingerprint density at radius 3 is 1.52 bits per heavy atom. The topological polar surface area (TPSA) is 187 Å². The van der Waals surface area contributed by atoms with E-state index in [-0.39, 0.29) is 71.1 Å². The molecule has 3 N–H and O–H groups in total. The molecule has 3 aromatic heterocycles. The molecule has 0 saturated carbocycles. The highest BCUT2D eigenvalue weighted by atomic mass is 16.5. The number of carbonyl (C=O) groups is 4. The van der Waals surface area contributed by atoms with E-state index in [1.54, 1.807) is 70.2 Å². The van der Waals surface area contributed by atoms with E-state index in [0.717, 1.165) is 0 Å². The number of carbonyl (C=O) groups excluding carboxylic acids is 1. The Morgan fingerprint density at radius 1 is 0.659 bits per heavy atom. The molecular weight excluding hydrogens is 572 g/mol. The van der Waals surface area contributed by atoms with Gasteiger partial charge in [0.25, 0.3) is 0 Å². The van der Waals surface area contributed by atoms with Crippen LogP contribution < -0.4 is 0 Å². The van der Waals surface area contributed by atoms with Crippen molar-refractivity contribution in [2.75, 3.05) is 52.4 Å². The van der Waals surface area contributed by atoms with Gasteiger partial charge in [0.15, 0.2) is 0 Å². The van der Waals surface area contributed by atoms with Crippen LogP contribution in [0.15, 0.2) is 48.5 Å². The molecule has 1 aliphatic rings. The van der Waals surface area contributed by atoms with Crippen molar-refractivity contribution in [2.24, 2.45) is 0 Å². The molecule has 3 aromatic rings. The number of aliphatic carboxylic acids is 3. The van der Waals surface area contributed by atoms with Crippen LogP contribution in [0.3, 0.4) is 0 Å². The molecule has 0 aliphatic carbocycles. The smallest absolute Gasteiger partial charge is 0.338 e. The second-order valence-corrected chi connectivity index (χ2v) is 10.3. The number of esters is 1. The molecule has 0 saturated heterocycles. The fourth-order valence-corrected chi connectivity index (χ4v) is 4.84. The van der Waals surface area contributed by atoms with Crippen molar-refractivity contribution in [1.29, 1.82) is 0 Å². The normalized spacial score (nSPS) is 15.1. The number of carboxylic acid groups (broad SMARTS) is 3. The van der Waals surface area contributed by atoms with Gasteiger partial charge in [-0.1, -0.05) is 12.1 Å². The van der Waals surface area contributed by atoms with E-state index < -0.39 is 23.9 Å². The molecule has 4 rings (SSSR count). The maximum atomic E-state index is 12.8. The quantitative estimate of drug-likeness (QED) is 0.314. The first-order valence-corrected chi connectivity index (χ1v) is 14.0. The van der Waals surface area contributed by atoms with E-state index in [4.69, 9.17) is 19.7 Å². The number of pyridine rings is 3. The zero-order valence-corrected chi connectivity index (χ0v) is 24.3. The maximum Gasteiger partial charge on any atom is 0.338 e. The molecule has 14 nitrogen and oxygen atoms in total. The first-order valence-electron chi connectivity index (χ1n) is 14.0. The molecule has 14 heteroatoms. The fourth-order valence-electron chi connectivity index (χ4n) is 4.84. The van der Waals surface area contributed by atoms with Crippen LogP contribution in [-0.4, -0.2) is 121 Å². The third-order valence-corrected chi connectivity index (χ3v) is 6.79. The lowest BCUT2D eigenvalue weighted by molar-refractivity contribution is -0.140. The molecule has 0 amide bonds. The van der Waals surface area contributed by atoms with Crippen molar-refractivity contribution in [3.8, 4) is 22.8 Å². The van der Waals surface area contributed by atoms with Gasteiger partial charge in [0.1, 0.15) is 0 Å². The SMILES string of the molecule is CCOC(=O)c1cc2nc(c1)-c1cccc(n1)CN(CC(=O)O)CCN(CC(=O)O)CCN(CC(=O)O)Cc1cccc-2n1. The van der Waals surface area contributed by atoms with Crippen LogP contribution in [0, 0.1) is 0 Å². The average molecular weight is 607 g/mol. The number of hydrogen-bond donors (Lipinski definition) is 3. The highest BCUT2D eigenvalue weighted by Crippen LogP contribution is 2.24. The van der Waals surface area contributed by atoms with Gasteiger partial charge in [-0.15, -0.1) is 0 Å². The highest BCUT2D eigenvalue weighted by Gasteiger charge is 2.20. The monoisotopic (exact) mass is 606 g/mol. The number of fused-ring (bicyclic) bond motifs is 8. The lowest BCUT2D eigenvalue weighted by atomic mass is 10.1. The summed E-state index contributed by atoms with van der Waals surface area (Å²) in [6.45, 7) is 2.16. The van der Waals surface area contributed by atoms with E-state index in [1.165, 1.54) is 0 Å². The molecule has 6 bridgehead atoms. The second kappa shape index (κ2) is 15.1. The van der Waals surface area contributed by atoms with Crippen molar-refractivity contribution in [3.05, 3.63) is 65.5 Å². The molecule has 0 atom stereocenters. The third-order valence-electron chi connectivity index (χ3n) is 6.79. The molecule has 232 valence electrons. The summed E-state index contributed by atoms with van der Waals surface area (Å²) < 4.78 is 5.24. The van der Waals surface area contributed by atoms with Crippen molar-refractivity contribution < 1.29 is 39.2 Å². The first-order chi connectivity index (χ1) is 21.1. The molecule has 4 heterocycles.